The van der Waals surface area contributed by atoms with Gasteiger partial charge in [0.1, 0.15) is 0 Å². The van der Waals surface area contributed by atoms with Crippen LogP contribution in [-0.4, -0.2) is 17.7 Å². The Morgan fingerprint density at radius 3 is 2.54 bits per heavy atom. The van der Waals surface area contributed by atoms with Crippen molar-refractivity contribution in [2.75, 3.05) is 11.9 Å². The maximum Gasteiger partial charge on any atom is 0.319 e. The minimum Gasteiger partial charge on any atom is -0.456 e. The molecular weight excluding hydrogens is 352 g/mol. The second-order valence-electron chi connectivity index (χ2n) is 7.95. The number of hydrogen-bond acceptors (Lipinski definition) is 4. The SMILES string of the molecule is CN1c2ccccc2C(C)(C)C12C=Cc1cc3ccccc3c([N+](=O)[O-])c1O2. The Morgan fingerprint density at radius 2 is 1.79 bits per heavy atom. The maximum absolute atomic E-state index is 12.0. The predicted octanol–water partition coefficient (Wildman–Crippen LogP) is 5.28. The third-order valence-electron chi connectivity index (χ3n) is 6.27. The minimum absolute atomic E-state index is 0.0250. The van der Waals surface area contributed by atoms with Gasteiger partial charge in [0.15, 0.2) is 0 Å². The molecule has 0 aromatic heterocycles. The van der Waals surface area contributed by atoms with Crippen LogP contribution in [0.1, 0.15) is 25.0 Å². The van der Waals surface area contributed by atoms with Crippen molar-refractivity contribution in [3.05, 3.63) is 81.9 Å². The molecule has 0 amide bonds. The van der Waals surface area contributed by atoms with Gasteiger partial charge in [-0.3, -0.25) is 10.1 Å². The number of hydrogen-bond donors (Lipinski definition) is 0. The molecule has 2 aliphatic rings. The highest BCUT2D eigenvalue weighted by atomic mass is 16.6. The Kier molecular flexibility index (Phi) is 3.21. The molecule has 140 valence electrons. The zero-order valence-corrected chi connectivity index (χ0v) is 16.0. The number of rotatable bonds is 1. The normalized spacial score (nSPS) is 21.5. The van der Waals surface area contributed by atoms with Crippen molar-refractivity contribution >= 4 is 28.2 Å². The highest BCUT2D eigenvalue weighted by Crippen LogP contribution is 2.56. The van der Waals surface area contributed by atoms with E-state index in [1.54, 1.807) is 6.07 Å². The summed E-state index contributed by atoms with van der Waals surface area (Å²) in [6.07, 6.45) is 4.00. The lowest BCUT2D eigenvalue weighted by Gasteiger charge is -2.45. The lowest BCUT2D eigenvalue weighted by molar-refractivity contribution is -0.384. The molecule has 0 fully saturated rings. The molecule has 1 spiro atoms. The number of nitro benzene ring substituents is 1. The van der Waals surface area contributed by atoms with E-state index in [9.17, 15) is 10.1 Å². The summed E-state index contributed by atoms with van der Waals surface area (Å²) in [5, 5.41) is 13.5. The average molecular weight is 372 g/mol. The van der Waals surface area contributed by atoms with Crippen LogP contribution in [0.5, 0.6) is 5.75 Å². The number of para-hydroxylation sites is 1. The Morgan fingerprint density at radius 1 is 1.07 bits per heavy atom. The first-order chi connectivity index (χ1) is 13.4. The van der Waals surface area contributed by atoms with Crippen LogP contribution < -0.4 is 9.64 Å². The minimum atomic E-state index is -0.836. The van der Waals surface area contributed by atoms with E-state index in [1.807, 2.05) is 55.6 Å². The van der Waals surface area contributed by atoms with E-state index in [1.165, 1.54) is 0 Å². The third kappa shape index (κ3) is 1.91. The first-order valence-corrected chi connectivity index (χ1v) is 9.28. The highest BCUT2D eigenvalue weighted by Gasteiger charge is 2.58. The summed E-state index contributed by atoms with van der Waals surface area (Å²) in [6.45, 7) is 4.25. The van der Waals surface area contributed by atoms with Crippen LogP contribution in [0.25, 0.3) is 16.8 Å². The maximum atomic E-state index is 12.0. The quantitative estimate of drug-likeness (QED) is 0.431. The average Bonchev–Trinajstić information content (AvgIpc) is 2.85. The van der Waals surface area contributed by atoms with Crippen LogP contribution in [0.4, 0.5) is 11.4 Å². The van der Waals surface area contributed by atoms with Gasteiger partial charge in [-0.25, -0.2) is 0 Å². The number of nitro groups is 1. The number of benzene rings is 3. The zero-order chi connectivity index (χ0) is 19.7. The monoisotopic (exact) mass is 372 g/mol. The molecule has 2 aliphatic heterocycles. The van der Waals surface area contributed by atoms with E-state index in [4.69, 9.17) is 4.74 Å². The van der Waals surface area contributed by atoms with E-state index >= 15 is 0 Å². The number of fused-ring (bicyclic) bond motifs is 3. The fourth-order valence-electron chi connectivity index (χ4n) is 4.74. The Bertz CT molecular complexity index is 1180. The molecule has 0 N–H and O–H groups in total. The Balaban J connectivity index is 1.78. The van der Waals surface area contributed by atoms with E-state index in [2.05, 4.69) is 30.9 Å². The summed E-state index contributed by atoms with van der Waals surface area (Å²) in [4.78, 5) is 13.8. The van der Waals surface area contributed by atoms with Gasteiger partial charge in [0.2, 0.25) is 11.5 Å². The summed E-state index contributed by atoms with van der Waals surface area (Å²) >= 11 is 0. The second-order valence-corrected chi connectivity index (χ2v) is 7.95. The van der Waals surface area contributed by atoms with Crippen molar-refractivity contribution in [2.45, 2.75) is 25.0 Å². The molecule has 2 heterocycles. The summed E-state index contributed by atoms with van der Waals surface area (Å²) in [5.74, 6) is 0.332. The molecule has 0 radical (unpaired) electrons. The first-order valence-electron chi connectivity index (χ1n) is 9.28. The van der Waals surface area contributed by atoms with Crippen LogP contribution in [0.2, 0.25) is 0 Å². The predicted molar refractivity (Wildman–Crippen MR) is 111 cm³/mol. The summed E-state index contributed by atoms with van der Waals surface area (Å²) in [5.41, 5.74) is 1.76. The van der Waals surface area contributed by atoms with E-state index in [-0.39, 0.29) is 10.6 Å². The van der Waals surface area contributed by atoms with Crippen molar-refractivity contribution in [2.24, 2.45) is 0 Å². The van der Waals surface area contributed by atoms with Crippen molar-refractivity contribution < 1.29 is 9.66 Å². The molecule has 0 saturated carbocycles. The molecule has 0 bridgehead atoms. The van der Waals surface area contributed by atoms with Crippen LogP contribution >= 0.6 is 0 Å². The second kappa shape index (κ2) is 5.35. The van der Waals surface area contributed by atoms with Crippen LogP contribution in [0.15, 0.2) is 60.7 Å². The van der Waals surface area contributed by atoms with Crippen LogP contribution in [0, 0.1) is 10.1 Å². The van der Waals surface area contributed by atoms with E-state index in [0.29, 0.717) is 11.1 Å². The van der Waals surface area contributed by atoms with Gasteiger partial charge in [-0.15, -0.1) is 0 Å². The lowest BCUT2D eigenvalue weighted by Crippen LogP contribution is -2.58. The smallest absolute Gasteiger partial charge is 0.319 e. The molecule has 5 rings (SSSR count). The molecule has 3 aromatic rings. The topological polar surface area (TPSA) is 55.6 Å². The molecule has 1 unspecified atom stereocenters. The summed E-state index contributed by atoms with van der Waals surface area (Å²) in [6, 6.07) is 17.5. The zero-order valence-electron chi connectivity index (χ0n) is 16.0. The highest BCUT2D eigenvalue weighted by molar-refractivity contribution is 5.97. The van der Waals surface area contributed by atoms with Crippen molar-refractivity contribution in [1.82, 2.24) is 0 Å². The molecule has 28 heavy (non-hydrogen) atoms. The number of likely N-dealkylation sites (N-methyl/N-ethyl adjacent to an activating group) is 1. The molecule has 0 saturated heterocycles. The third-order valence-corrected chi connectivity index (χ3v) is 6.27. The van der Waals surface area contributed by atoms with Gasteiger partial charge in [-0.1, -0.05) is 36.4 Å². The fraction of sp³-hybridized carbons (Fsp3) is 0.217. The first kappa shape index (κ1) is 16.8. The van der Waals surface area contributed by atoms with E-state index in [0.717, 1.165) is 22.2 Å². The molecule has 5 heteroatoms. The largest absolute Gasteiger partial charge is 0.456 e. The van der Waals surface area contributed by atoms with Crippen molar-refractivity contribution in [3.8, 4) is 5.75 Å². The molecule has 0 aliphatic carbocycles. The number of nitrogens with zero attached hydrogens (tertiary/aromatic N) is 2. The van der Waals surface area contributed by atoms with Gasteiger partial charge in [0, 0.05) is 18.3 Å². The molecule has 1 atom stereocenters. The standard InChI is InChI=1S/C23H20N2O3/c1-22(2)18-10-6-7-11-19(18)24(3)23(22)13-12-16-14-15-8-4-5-9-17(15)20(25(26)27)21(16)28-23/h4-14H,1-3H3. The van der Waals surface area contributed by atoms with Gasteiger partial charge in [-0.05, 0) is 55.1 Å². The Hall–Kier alpha value is -3.34. The lowest BCUT2D eigenvalue weighted by atomic mass is 9.76. The van der Waals surface area contributed by atoms with Gasteiger partial charge >= 0.3 is 5.69 Å². The van der Waals surface area contributed by atoms with Crippen molar-refractivity contribution in [1.29, 1.82) is 0 Å². The van der Waals surface area contributed by atoms with Gasteiger partial charge in [0.25, 0.3) is 0 Å². The summed E-state index contributed by atoms with van der Waals surface area (Å²) in [7, 11) is 1.98. The number of anilines is 1. The fourth-order valence-corrected chi connectivity index (χ4v) is 4.74. The van der Waals surface area contributed by atoms with Gasteiger partial charge in [-0.2, -0.15) is 0 Å². The Labute approximate surface area is 163 Å². The van der Waals surface area contributed by atoms with Crippen LogP contribution in [0.3, 0.4) is 0 Å². The van der Waals surface area contributed by atoms with Crippen LogP contribution in [-0.2, 0) is 5.41 Å². The summed E-state index contributed by atoms with van der Waals surface area (Å²) < 4.78 is 6.59. The molecule has 3 aromatic carbocycles. The van der Waals surface area contributed by atoms with Gasteiger partial charge in [0.05, 0.1) is 15.7 Å². The van der Waals surface area contributed by atoms with Crippen molar-refractivity contribution in [3.63, 3.8) is 0 Å². The molecule has 5 nitrogen and oxygen atoms in total. The van der Waals surface area contributed by atoms with E-state index < -0.39 is 11.1 Å². The molecular formula is C23H20N2O3. The van der Waals surface area contributed by atoms with Gasteiger partial charge < -0.3 is 9.64 Å². The number of ether oxygens (including phenoxy) is 1.